The first-order chi connectivity index (χ1) is 4.38. The van der Waals surface area contributed by atoms with E-state index in [0.717, 1.165) is 11.1 Å². The Hall–Kier alpha value is -1.45. The predicted octanol–water partition coefficient (Wildman–Crippen LogP) is 0.343. The molecule has 0 fully saturated rings. The Morgan fingerprint density at radius 2 is 2.56 bits per heavy atom. The number of hydrogen-bond donors (Lipinski definition) is 1. The van der Waals surface area contributed by atoms with E-state index in [4.69, 9.17) is 10.3 Å². The summed E-state index contributed by atoms with van der Waals surface area (Å²) in [5.74, 6) is 5.37. The van der Waals surface area contributed by atoms with Gasteiger partial charge in [-0.15, -0.1) is 0 Å². The number of nitrogen functional groups attached to an aromatic ring is 1. The molecule has 4 heteroatoms. The summed E-state index contributed by atoms with van der Waals surface area (Å²) in [5, 5.41) is 3.76. The van der Waals surface area contributed by atoms with E-state index in [2.05, 4.69) is 5.10 Å². The van der Waals surface area contributed by atoms with E-state index in [1.165, 1.54) is 4.79 Å². The zero-order valence-electron chi connectivity index (χ0n) is 4.61. The van der Waals surface area contributed by atoms with Crippen molar-refractivity contribution in [2.24, 2.45) is 0 Å². The minimum atomic E-state index is 0.720. The predicted molar refractivity (Wildman–Crippen MR) is 32.1 cm³/mol. The molecule has 2 heterocycles. The number of fused-ring (bicyclic) bond motifs is 1. The average Bonchev–Trinajstić information content (AvgIpc) is 2.35. The lowest BCUT2D eigenvalue weighted by atomic mass is 10.5. The van der Waals surface area contributed by atoms with Gasteiger partial charge in [0.05, 0.1) is 12.5 Å². The van der Waals surface area contributed by atoms with Crippen molar-refractivity contribution in [3.05, 3.63) is 18.5 Å². The van der Waals surface area contributed by atoms with Crippen molar-refractivity contribution in [2.75, 3.05) is 5.84 Å². The molecule has 2 aromatic heterocycles. The van der Waals surface area contributed by atoms with Crippen molar-refractivity contribution < 1.29 is 4.42 Å². The van der Waals surface area contributed by atoms with Crippen LogP contribution in [-0.4, -0.2) is 9.89 Å². The van der Waals surface area contributed by atoms with Gasteiger partial charge in [0, 0.05) is 6.07 Å². The Bertz CT molecular complexity index is 321. The topological polar surface area (TPSA) is 57.0 Å². The van der Waals surface area contributed by atoms with E-state index in [1.807, 2.05) is 0 Å². The summed E-state index contributed by atoms with van der Waals surface area (Å²) >= 11 is 0. The molecule has 0 amide bonds. The van der Waals surface area contributed by atoms with Crippen LogP contribution in [-0.2, 0) is 0 Å². The molecule has 0 saturated carbocycles. The first-order valence-corrected chi connectivity index (χ1v) is 2.54. The summed E-state index contributed by atoms with van der Waals surface area (Å²) in [6.45, 7) is 0. The minimum Gasteiger partial charge on any atom is -0.461 e. The summed E-state index contributed by atoms with van der Waals surface area (Å²) < 4.78 is 4.98. The van der Waals surface area contributed by atoms with Gasteiger partial charge in [0.2, 0.25) is 0 Å². The lowest BCUT2D eigenvalue weighted by Crippen LogP contribution is -2.08. The third-order valence-electron chi connectivity index (χ3n) is 1.22. The van der Waals surface area contributed by atoms with Crippen LogP contribution in [0.3, 0.4) is 0 Å². The first kappa shape index (κ1) is 4.43. The number of aromatic nitrogens is 2. The van der Waals surface area contributed by atoms with Crippen LogP contribution in [0.2, 0.25) is 0 Å². The maximum atomic E-state index is 5.37. The highest BCUT2D eigenvalue weighted by Crippen LogP contribution is 2.10. The van der Waals surface area contributed by atoms with Crippen LogP contribution in [0.5, 0.6) is 0 Å². The van der Waals surface area contributed by atoms with Gasteiger partial charge in [0.15, 0.2) is 5.58 Å². The van der Waals surface area contributed by atoms with Gasteiger partial charge in [-0.05, 0) is 0 Å². The van der Waals surface area contributed by atoms with Gasteiger partial charge in [0.1, 0.15) is 5.52 Å². The molecule has 9 heavy (non-hydrogen) atoms. The summed E-state index contributed by atoms with van der Waals surface area (Å²) in [7, 11) is 0. The number of furan rings is 1. The van der Waals surface area contributed by atoms with Gasteiger partial charge < -0.3 is 10.3 Å². The zero-order valence-corrected chi connectivity index (χ0v) is 4.61. The second-order valence-corrected chi connectivity index (χ2v) is 1.76. The van der Waals surface area contributed by atoms with Gasteiger partial charge in [0.25, 0.3) is 0 Å². The highest BCUT2D eigenvalue weighted by atomic mass is 16.3. The van der Waals surface area contributed by atoms with Crippen LogP contribution in [0, 0.1) is 0 Å². The fourth-order valence-electron chi connectivity index (χ4n) is 0.777. The molecule has 2 aromatic rings. The Kier molecular flexibility index (Phi) is 0.631. The van der Waals surface area contributed by atoms with Crippen LogP contribution in [0.1, 0.15) is 0 Å². The summed E-state index contributed by atoms with van der Waals surface area (Å²) in [6.07, 6.45) is 3.16. The molecular weight excluding hydrogens is 118 g/mol. The monoisotopic (exact) mass is 123 g/mol. The highest BCUT2D eigenvalue weighted by Gasteiger charge is 1.99. The van der Waals surface area contributed by atoms with E-state index in [0.29, 0.717) is 0 Å². The molecular formula is C5H5N3O. The van der Waals surface area contributed by atoms with Crippen molar-refractivity contribution in [1.82, 2.24) is 9.89 Å². The van der Waals surface area contributed by atoms with E-state index < -0.39 is 0 Å². The van der Waals surface area contributed by atoms with Crippen molar-refractivity contribution in [3.8, 4) is 0 Å². The standard InChI is InChI=1S/C5H5N3O/c6-8-4-1-2-9-5(4)3-7-8/h1-3H,6H2. The molecule has 0 unspecified atom stereocenters. The molecule has 0 aliphatic rings. The number of nitrogens with two attached hydrogens (primary N) is 1. The molecule has 0 bridgehead atoms. The van der Waals surface area contributed by atoms with E-state index >= 15 is 0 Å². The van der Waals surface area contributed by atoms with E-state index in [-0.39, 0.29) is 0 Å². The molecule has 0 radical (unpaired) electrons. The second-order valence-electron chi connectivity index (χ2n) is 1.76. The Morgan fingerprint density at radius 3 is 3.33 bits per heavy atom. The van der Waals surface area contributed by atoms with Gasteiger partial charge in [-0.3, -0.25) is 0 Å². The molecule has 0 spiro atoms. The Balaban J connectivity index is 2.99. The largest absolute Gasteiger partial charge is 0.461 e. The van der Waals surface area contributed by atoms with Crippen molar-refractivity contribution in [2.45, 2.75) is 0 Å². The molecule has 0 atom stereocenters. The van der Waals surface area contributed by atoms with Crippen molar-refractivity contribution in [3.63, 3.8) is 0 Å². The highest BCUT2D eigenvalue weighted by molar-refractivity contribution is 5.71. The normalized spacial score (nSPS) is 10.7. The molecule has 0 aromatic carbocycles. The Morgan fingerprint density at radius 1 is 1.67 bits per heavy atom. The van der Waals surface area contributed by atoms with Gasteiger partial charge >= 0.3 is 0 Å². The van der Waals surface area contributed by atoms with Crippen molar-refractivity contribution in [1.29, 1.82) is 0 Å². The maximum Gasteiger partial charge on any atom is 0.174 e. The van der Waals surface area contributed by atoms with Crippen molar-refractivity contribution >= 4 is 11.1 Å². The van der Waals surface area contributed by atoms with Gasteiger partial charge in [-0.25, -0.2) is 0 Å². The van der Waals surface area contributed by atoms with Crippen LogP contribution in [0.4, 0.5) is 0 Å². The third kappa shape index (κ3) is 0.440. The van der Waals surface area contributed by atoms with Gasteiger partial charge in [-0.2, -0.15) is 9.89 Å². The second kappa shape index (κ2) is 1.28. The quantitative estimate of drug-likeness (QED) is 0.514. The minimum absolute atomic E-state index is 0.720. The summed E-state index contributed by atoms with van der Waals surface area (Å²) in [4.78, 5) is 1.28. The molecule has 0 saturated heterocycles. The van der Waals surface area contributed by atoms with E-state index in [1.54, 1.807) is 18.5 Å². The molecule has 2 rings (SSSR count). The fraction of sp³-hybridized carbons (Fsp3) is 0. The van der Waals surface area contributed by atoms with Crippen LogP contribution in [0.25, 0.3) is 11.1 Å². The molecule has 0 aliphatic carbocycles. The van der Waals surface area contributed by atoms with Crippen LogP contribution < -0.4 is 5.84 Å². The van der Waals surface area contributed by atoms with E-state index in [9.17, 15) is 0 Å². The Labute approximate surface area is 50.8 Å². The average molecular weight is 123 g/mol. The fourth-order valence-corrected chi connectivity index (χ4v) is 0.777. The SMILES string of the molecule is Nn1ncc2occc21. The summed E-state index contributed by atoms with van der Waals surface area (Å²) in [5.41, 5.74) is 1.53. The maximum absolute atomic E-state index is 5.37. The zero-order chi connectivity index (χ0) is 6.27. The van der Waals surface area contributed by atoms with Crippen LogP contribution >= 0.6 is 0 Å². The lowest BCUT2D eigenvalue weighted by molar-refractivity contribution is 0.615. The number of rotatable bonds is 0. The first-order valence-electron chi connectivity index (χ1n) is 2.54. The molecule has 2 N–H and O–H groups in total. The number of nitrogens with zero attached hydrogens (tertiary/aromatic N) is 2. The molecule has 4 nitrogen and oxygen atoms in total. The molecule has 0 aliphatic heterocycles. The van der Waals surface area contributed by atoms with Gasteiger partial charge in [-0.1, -0.05) is 0 Å². The third-order valence-corrected chi connectivity index (χ3v) is 1.22. The lowest BCUT2D eigenvalue weighted by Gasteiger charge is -1.83. The van der Waals surface area contributed by atoms with Crippen LogP contribution in [0.15, 0.2) is 22.9 Å². The summed E-state index contributed by atoms with van der Waals surface area (Å²) in [6, 6.07) is 1.77. The molecule has 46 valence electrons. The smallest absolute Gasteiger partial charge is 0.174 e. The number of hydrogen-bond acceptors (Lipinski definition) is 3.